The van der Waals surface area contributed by atoms with Gasteiger partial charge in [0, 0.05) is 12.1 Å². The summed E-state index contributed by atoms with van der Waals surface area (Å²) in [6.07, 6.45) is 0.867. The minimum absolute atomic E-state index is 0.0599. The van der Waals surface area contributed by atoms with Gasteiger partial charge in [-0.1, -0.05) is 30.3 Å². The first-order valence-corrected chi connectivity index (χ1v) is 13.7. The molecular weight excluding hydrogens is 526 g/mol. The second-order valence-corrected chi connectivity index (χ2v) is 10.9. The van der Waals surface area contributed by atoms with E-state index in [0.29, 0.717) is 5.56 Å². The lowest BCUT2D eigenvalue weighted by molar-refractivity contribution is -0.384. The number of fused-ring (bicyclic) bond motifs is 1. The summed E-state index contributed by atoms with van der Waals surface area (Å²) in [5.41, 5.74) is 0.696. The molecule has 2 amide bonds. The number of ether oxygens (including phenoxy) is 1. The molecule has 2 aromatic carbocycles. The number of nitro groups is 1. The van der Waals surface area contributed by atoms with Crippen LogP contribution in [-0.2, 0) is 46.4 Å². The van der Waals surface area contributed by atoms with Crippen molar-refractivity contribution in [3.8, 4) is 0 Å². The van der Waals surface area contributed by atoms with E-state index in [0.717, 1.165) is 28.5 Å². The molecular formula is C23H21N3O9S2. The van der Waals surface area contributed by atoms with Gasteiger partial charge in [-0.05, 0) is 23.3 Å². The minimum atomic E-state index is -4.02. The van der Waals surface area contributed by atoms with Crippen LogP contribution < -0.4 is 5.32 Å². The average molecular weight is 548 g/mol. The first-order valence-electron chi connectivity index (χ1n) is 10.8. The Morgan fingerprint density at radius 2 is 1.81 bits per heavy atom. The summed E-state index contributed by atoms with van der Waals surface area (Å²) in [5.74, 6) is -2.33. The number of non-ortho nitro benzene ring substituents is 1. The number of carbonyl (C=O) groups is 3. The van der Waals surface area contributed by atoms with Crippen molar-refractivity contribution in [2.45, 2.75) is 24.4 Å². The van der Waals surface area contributed by atoms with Crippen LogP contribution in [0.2, 0.25) is 0 Å². The van der Waals surface area contributed by atoms with Crippen LogP contribution in [0.4, 0.5) is 5.69 Å². The summed E-state index contributed by atoms with van der Waals surface area (Å²) in [7, 11) is -4.02. The highest BCUT2D eigenvalue weighted by molar-refractivity contribution is 8.00. The lowest BCUT2D eigenvalue weighted by Gasteiger charge is -2.49. The largest absolute Gasteiger partial charge is 0.456 e. The molecule has 1 fully saturated rings. The Bertz CT molecular complexity index is 1380. The van der Waals surface area contributed by atoms with Crippen LogP contribution in [0.25, 0.3) is 0 Å². The van der Waals surface area contributed by atoms with E-state index in [2.05, 4.69) is 5.32 Å². The number of amides is 2. The van der Waals surface area contributed by atoms with Crippen LogP contribution in [0.15, 0.2) is 66.1 Å². The molecule has 14 heteroatoms. The quantitative estimate of drug-likeness (QED) is 0.160. The molecule has 37 heavy (non-hydrogen) atoms. The van der Waals surface area contributed by atoms with Crippen LogP contribution in [-0.4, -0.2) is 59.4 Å². The Morgan fingerprint density at radius 1 is 1.14 bits per heavy atom. The van der Waals surface area contributed by atoms with E-state index in [-0.39, 0.29) is 41.8 Å². The predicted molar refractivity (Wildman–Crippen MR) is 131 cm³/mol. The maximum Gasteiger partial charge on any atom is 0.359 e. The molecule has 0 aromatic heterocycles. The van der Waals surface area contributed by atoms with E-state index < -0.39 is 38.3 Å². The van der Waals surface area contributed by atoms with Gasteiger partial charge in [-0.2, -0.15) is 8.42 Å². The number of hydrogen-bond acceptors (Lipinski definition) is 10. The number of esters is 1. The van der Waals surface area contributed by atoms with Gasteiger partial charge in [-0.3, -0.25) is 24.6 Å². The van der Waals surface area contributed by atoms with Crippen molar-refractivity contribution >= 4 is 45.4 Å². The number of nitrogens with zero attached hydrogens (tertiary/aromatic N) is 2. The van der Waals surface area contributed by atoms with Crippen LogP contribution in [0.3, 0.4) is 0 Å². The highest BCUT2D eigenvalue weighted by Gasteiger charge is 2.55. The van der Waals surface area contributed by atoms with Gasteiger partial charge in [-0.25, -0.2) is 4.79 Å². The number of hydrogen-bond donors (Lipinski definition) is 1. The van der Waals surface area contributed by atoms with Crippen LogP contribution >= 0.6 is 11.8 Å². The summed E-state index contributed by atoms with van der Waals surface area (Å²) in [6.45, 7) is -0.288. The molecule has 2 unspecified atom stereocenters. The highest BCUT2D eigenvalue weighted by atomic mass is 32.2. The molecule has 194 valence electrons. The third-order valence-electron chi connectivity index (χ3n) is 5.42. The SMILES string of the molecule is CS(=O)(=O)OC1=C(C(=O)OCc2ccc([N+](=O)[O-])cc2)N2C(=O)C(NC(=O)Cc3ccccc3)C2SC1. The zero-order chi connectivity index (χ0) is 26.7. The molecule has 0 saturated carbocycles. The van der Waals surface area contributed by atoms with Crippen molar-refractivity contribution in [2.75, 3.05) is 12.0 Å². The number of benzene rings is 2. The van der Waals surface area contributed by atoms with Crippen molar-refractivity contribution < 1.29 is 36.6 Å². The number of thioether (sulfide) groups is 1. The van der Waals surface area contributed by atoms with Crippen LogP contribution in [0.5, 0.6) is 0 Å². The average Bonchev–Trinajstić information content (AvgIpc) is 2.85. The first kappa shape index (κ1) is 26.2. The highest BCUT2D eigenvalue weighted by Crippen LogP contribution is 2.41. The van der Waals surface area contributed by atoms with E-state index in [1.165, 1.54) is 24.3 Å². The van der Waals surface area contributed by atoms with Gasteiger partial charge in [-0.15, -0.1) is 11.8 Å². The van der Waals surface area contributed by atoms with E-state index in [9.17, 15) is 32.9 Å². The molecule has 1 N–H and O–H groups in total. The van der Waals surface area contributed by atoms with Gasteiger partial charge in [0.15, 0.2) is 11.5 Å². The first-order chi connectivity index (χ1) is 17.5. The maximum absolute atomic E-state index is 13.0. The van der Waals surface area contributed by atoms with Gasteiger partial charge >= 0.3 is 16.1 Å². The Balaban J connectivity index is 1.49. The third kappa shape index (κ3) is 6.09. The Morgan fingerprint density at radius 3 is 2.43 bits per heavy atom. The van der Waals surface area contributed by atoms with Gasteiger partial charge in [0.1, 0.15) is 18.0 Å². The molecule has 2 aliphatic heterocycles. The Hall–Kier alpha value is -3.91. The molecule has 2 aliphatic rings. The zero-order valence-electron chi connectivity index (χ0n) is 19.4. The molecule has 0 aliphatic carbocycles. The summed E-state index contributed by atoms with van der Waals surface area (Å²) in [6, 6.07) is 13.3. The van der Waals surface area contributed by atoms with E-state index in [4.69, 9.17) is 8.92 Å². The van der Waals surface area contributed by atoms with Crippen molar-refractivity contribution in [1.29, 1.82) is 0 Å². The number of nitro benzene ring substituents is 1. The summed E-state index contributed by atoms with van der Waals surface area (Å²) in [4.78, 5) is 49.8. The molecule has 12 nitrogen and oxygen atoms in total. The zero-order valence-corrected chi connectivity index (χ0v) is 21.0. The number of β-lactam (4-membered cyclic amide) rings is 1. The fourth-order valence-electron chi connectivity index (χ4n) is 3.76. The minimum Gasteiger partial charge on any atom is -0.456 e. The lowest BCUT2D eigenvalue weighted by Crippen LogP contribution is -2.70. The fourth-order valence-corrected chi connectivity index (χ4v) is 5.60. The molecule has 0 bridgehead atoms. The lowest BCUT2D eigenvalue weighted by atomic mass is 10.0. The maximum atomic E-state index is 13.0. The number of nitrogens with one attached hydrogen (secondary N) is 1. The van der Waals surface area contributed by atoms with Crippen molar-refractivity contribution in [3.63, 3.8) is 0 Å². The van der Waals surface area contributed by atoms with E-state index in [1.54, 1.807) is 24.3 Å². The normalized spacial score (nSPS) is 18.9. The molecule has 2 heterocycles. The van der Waals surface area contributed by atoms with Crippen molar-refractivity contribution in [1.82, 2.24) is 10.2 Å². The molecule has 1 saturated heterocycles. The van der Waals surface area contributed by atoms with E-state index >= 15 is 0 Å². The van der Waals surface area contributed by atoms with Gasteiger partial charge in [0.05, 0.1) is 23.4 Å². The smallest absolute Gasteiger partial charge is 0.359 e. The Kier molecular flexibility index (Phi) is 7.50. The molecule has 2 atom stereocenters. The van der Waals surface area contributed by atoms with Gasteiger partial charge < -0.3 is 14.2 Å². The molecule has 0 spiro atoms. The number of rotatable bonds is 9. The summed E-state index contributed by atoms with van der Waals surface area (Å²) in [5, 5.41) is 12.8. The second-order valence-electron chi connectivity index (χ2n) is 8.18. The van der Waals surface area contributed by atoms with Crippen molar-refractivity contribution in [3.05, 3.63) is 87.3 Å². The molecule has 0 radical (unpaired) electrons. The van der Waals surface area contributed by atoms with Crippen LogP contribution in [0, 0.1) is 10.1 Å². The molecule has 2 aromatic rings. The van der Waals surface area contributed by atoms with E-state index in [1.807, 2.05) is 6.07 Å². The standard InChI is InChI=1S/C23H21N3O9S2/c1-37(32,33)35-17-13-36-22-19(24-18(27)11-14-5-3-2-4-6-14)21(28)25(22)20(17)23(29)34-12-15-7-9-16(10-8-15)26(30)31/h2-10,19,22H,11-13H2,1H3,(H,24,27). The second kappa shape index (κ2) is 10.6. The number of carbonyl (C=O) groups excluding carboxylic acids is 3. The summed E-state index contributed by atoms with van der Waals surface area (Å²) < 4.78 is 33.8. The predicted octanol–water partition coefficient (Wildman–Crippen LogP) is 1.47. The Labute approximate surface area is 215 Å². The van der Waals surface area contributed by atoms with Gasteiger partial charge in [0.2, 0.25) is 5.91 Å². The topological polar surface area (TPSA) is 162 Å². The van der Waals surface area contributed by atoms with Crippen LogP contribution in [0.1, 0.15) is 11.1 Å². The fraction of sp³-hybridized carbons (Fsp3) is 0.261. The monoisotopic (exact) mass is 547 g/mol. The summed E-state index contributed by atoms with van der Waals surface area (Å²) >= 11 is 1.13. The van der Waals surface area contributed by atoms with Crippen molar-refractivity contribution in [2.24, 2.45) is 0 Å². The molecule has 4 rings (SSSR count). The third-order valence-corrected chi connectivity index (χ3v) is 7.18. The van der Waals surface area contributed by atoms with Gasteiger partial charge in [0.25, 0.3) is 11.6 Å².